The molecule has 3 unspecified atom stereocenters. The van der Waals surface area contributed by atoms with Crippen molar-refractivity contribution in [3.63, 3.8) is 0 Å². The Morgan fingerprint density at radius 3 is 2.67 bits per heavy atom. The zero-order valence-corrected chi connectivity index (χ0v) is 17.4. The second-order valence-electron chi connectivity index (χ2n) is 9.04. The van der Waals surface area contributed by atoms with Crippen molar-refractivity contribution in [3.05, 3.63) is 36.0 Å². The van der Waals surface area contributed by atoms with Crippen LogP contribution in [0.15, 0.2) is 30.5 Å². The summed E-state index contributed by atoms with van der Waals surface area (Å²) in [5.74, 6) is -1.32. The van der Waals surface area contributed by atoms with E-state index in [1.165, 1.54) is 9.80 Å². The van der Waals surface area contributed by atoms with Gasteiger partial charge < -0.3 is 19.7 Å². The van der Waals surface area contributed by atoms with E-state index in [-0.39, 0.29) is 24.9 Å². The highest BCUT2D eigenvalue weighted by Crippen LogP contribution is 2.33. The number of ether oxygens (including phenoxy) is 1. The minimum atomic E-state index is -0.998. The lowest BCUT2D eigenvalue weighted by Crippen LogP contribution is -2.64. The van der Waals surface area contributed by atoms with Crippen molar-refractivity contribution in [2.24, 2.45) is 0 Å². The molecule has 3 atom stereocenters. The van der Waals surface area contributed by atoms with Gasteiger partial charge >= 0.3 is 12.1 Å². The quantitative estimate of drug-likeness (QED) is 0.805. The second-order valence-corrected chi connectivity index (χ2v) is 9.04. The Hall–Kier alpha value is -3.03. The number of aliphatic carboxylic acids is 1. The zero-order valence-electron chi connectivity index (χ0n) is 17.4. The molecule has 160 valence electrons. The van der Waals surface area contributed by atoms with E-state index in [0.717, 1.165) is 16.5 Å². The largest absolute Gasteiger partial charge is 0.480 e. The summed E-state index contributed by atoms with van der Waals surface area (Å²) in [5, 5.41) is 10.6. The fourth-order valence-corrected chi connectivity index (χ4v) is 4.53. The van der Waals surface area contributed by atoms with E-state index in [2.05, 4.69) is 4.98 Å². The topological polar surface area (TPSA) is 103 Å². The number of aromatic amines is 1. The van der Waals surface area contributed by atoms with Crippen LogP contribution in [0.25, 0.3) is 10.9 Å². The van der Waals surface area contributed by atoms with Crippen LogP contribution >= 0.6 is 0 Å². The van der Waals surface area contributed by atoms with Crippen molar-refractivity contribution in [2.75, 3.05) is 6.54 Å². The maximum atomic E-state index is 13.5. The maximum Gasteiger partial charge on any atom is 0.411 e. The monoisotopic (exact) mass is 413 g/mol. The van der Waals surface area contributed by atoms with Crippen molar-refractivity contribution >= 4 is 28.9 Å². The number of aromatic nitrogens is 1. The summed E-state index contributed by atoms with van der Waals surface area (Å²) in [6, 6.07) is 5.81. The second kappa shape index (κ2) is 7.34. The summed E-state index contributed by atoms with van der Waals surface area (Å²) in [6.45, 7) is 5.63. The average molecular weight is 413 g/mol. The highest BCUT2D eigenvalue weighted by molar-refractivity contribution is 5.92. The summed E-state index contributed by atoms with van der Waals surface area (Å²) in [6.07, 6.45) is 2.54. The number of benzene rings is 1. The Bertz CT molecular complexity index is 992. The molecule has 1 aromatic heterocycles. The molecule has 0 bridgehead atoms. The third kappa shape index (κ3) is 3.62. The van der Waals surface area contributed by atoms with Gasteiger partial charge in [-0.1, -0.05) is 18.2 Å². The van der Waals surface area contributed by atoms with Crippen molar-refractivity contribution in [3.8, 4) is 0 Å². The first-order valence-electron chi connectivity index (χ1n) is 10.3. The molecule has 8 nitrogen and oxygen atoms in total. The molecule has 1 aromatic carbocycles. The number of carboxylic acids is 1. The first-order valence-corrected chi connectivity index (χ1v) is 10.3. The van der Waals surface area contributed by atoms with Crippen LogP contribution in [0.4, 0.5) is 4.79 Å². The van der Waals surface area contributed by atoms with Gasteiger partial charge in [-0.3, -0.25) is 9.69 Å². The number of H-pyrrole nitrogens is 1. The van der Waals surface area contributed by atoms with Crippen LogP contribution in [0.5, 0.6) is 0 Å². The van der Waals surface area contributed by atoms with E-state index in [1.807, 2.05) is 30.5 Å². The number of hydrogen-bond donors (Lipinski definition) is 2. The minimum absolute atomic E-state index is 0.275. The van der Waals surface area contributed by atoms with Gasteiger partial charge in [0.15, 0.2) is 0 Å². The third-order valence-electron chi connectivity index (χ3n) is 5.83. The van der Waals surface area contributed by atoms with Crippen LogP contribution in [-0.4, -0.2) is 68.1 Å². The minimum Gasteiger partial charge on any atom is -0.480 e. The molecular weight excluding hydrogens is 386 g/mol. The number of amides is 2. The highest BCUT2D eigenvalue weighted by Gasteiger charge is 2.50. The maximum absolute atomic E-state index is 13.5. The molecule has 0 radical (unpaired) electrons. The average Bonchev–Trinajstić information content (AvgIpc) is 3.27. The van der Waals surface area contributed by atoms with Crippen LogP contribution in [0.1, 0.15) is 39.2 Å². The van der Waals surface area contributed by atoms with Gasteiger partial charge in [-0.05, 0) is 45.2 Å². The summed E-state index contributed by atoms with van der Waals surface area (Å²) in [5.41, 5.74) is 1.16. The number of carbonyl (C=O) groups is 3. The van der Waals surface area contributed by atoms with E-state index in [9.17, 15) is 19.5 Å². The number of rotatable bonds is 3. The lowest BCUT2D eigenvalue weighted by atomic mass is 9.98. The van der Waals surface area contributed by atoms with Crippen LogP contribution in [0.3, 0.4) is 0 Å². The zero-order chi connectivity index (χ0) is 21.6. The van der Waals surface area contributed by atoms with Gasteiger partial charge in [0, 0.05) is 30.1 Å². The number of carbonyl (C=O) groups excluding carboxylic acids is 2. The molecule has 2 saturated heterocycles. The molecule has 30 heavy (non-hydrogen) atoms. The Labute approximate surface area is 174 Å². The molecule has 8 heteroatoms. The first kappa shape index (κ1) is 20.3. The number of para-hydroxylation sites is 1. The van der Waals surface area contributed by atoms with Gasteiger partial charge in [0.1, 0.15) is 17.7 Å². The Kier molecular flexibility index (Phi) is 4.95. The lowest BCUT2D eigenvalue weighted by Gasteiger charge is -2.44. The molecular formula is C22H27N3O5. The molecule has 0 saturated carbocycles. The van der Waals surface area contributed by atoms with Crippen LogP contribution < -0.4 is 0 Å². The van der Waals surface area contributed by atoms with E-state index >= 15 is 0 Å². The van der Waals surface area contributed by atoms with Crippen LogP contribution in [0.2, 0.25) is 0 Å². The standard InChI is InChI=1S/C22H27N3O5/c1-22(2,3)30-21(29)24-12-14-8-9-17(20(27)28)25(14)19(26)18(24)10-13-11-23-16-7-5-4-6-15(13)16/h4-7,11,14,17-18,23H,8-10,12H2,1-3H3,(H,27,28). The number of nitrogens with zero attached hydrogens (tertiary/aromatic N) is 2. The predicted molar refractivity (Wildman–Crippen MR) is 110 cm³/mol. The van der Waals surface area contributed by atoms with Gasteiger partial charge in [0.2, 0.25) is 5.91 Å². The van der Waals surface area contributed by atoms with Gasteiger partial charge in [-0.25, -0.2) is 9.59 Å². The van der Waals surface area contributed by atoms with E-state index in [1.54, 1.807) is 20.8 Å². The third-order valence-corrected chi connectivity index (χ3v) is 5.83. The molecule has 4 rings (SSSR count). The molecule has 2 aromatic rings. The fourth-order valence-electron chi connectivity index (χ4n) is 4.53. The van der Waals surface area contributed by atoms with Crippen LogP contribution in [-0.2, 0) is 20.7 Å². The van der Waals surface area contributed by atoms with Crippen molar-refractivity contribution in [2.45, 2.75) is 63.8 Å². The van der Waals surface area contributed by atoms with Gasteiger partial charge in [-0.15, -0.1) is 0 Å². The number of carboxylic acid groups (broad SMARTS) is 1. The number of nitrogens with one attached hydrogen (secondary N) is 1. The Morgan fingerprint density at radius 1 is 1.23 bits per heavy atom. The molecule has 2 amide bonds. The lowest BCUT2D eigenvalue weighted by molar-refractivity contribution is -0.155. The van der Waals surface area contributed by atoms with Gasteiger partial charge in [-0.2, -0.15) is 0 Å². The molecule has 2 aliphatic heterocycles. The highest BCUT2D eigenvalue weighted by atomic mass is 16.6. The molecule has 2 fully saturated rings. The van der Waals surface area contributed by atoms with Crippen molar-refractivity contribution < 1.29 is 24.2 Å². The normalized spacial score (nSPS) is 24.2. The Balaban J connectivity index is 1.68. The predicted octanol–water partition coefficient (Wildman–Crippen LogP) is 2.77. The molecule has 3 heterocycles. The molecule has 2 aliphatic rings. The van der Waals surface area contributed by atoms with E-state index < -0.39 is 29.7 Å². The smallest absolute Gasteiger partial charge is 0.411 e. The van der Waals surface area contributed by atoms with E-state index in [0.29, 0.717) is 12.8 Å². The van der Waals surface area contributed by atoms with Gasteiger partial charge in [0.25, 0.3) is 0 Å². The Morgan fingerprint density at radius 2 is 1.97 bits per heavy atom. The fraction of sp³-hybridized carbons (Fsp3) is 0.500. The molecule has 0 spiro atoms. The number of hydrogen-bond acceptors (Lipinski definition) is 4. The van der Waals surface area contributed by atoms with Crippen molar-refractivity contribution in [1.29, 1.82) is 0 Å². The number of fused-ring (bicyclic) bond motifs is 2. The van der Waals surface area contributed by atoms with E-state index in [4.69, 9.17) is 4.74 Å². The first-order chi connectivity index (χ1) is 14.2. The van der Waals surface area contributed by atoms with Crippen LogP contribution in [0, 0.1) is 0 Å². The summed E-state index contributed by atoms with van der Waals surface area (Å²) in [4.78, 5) is 44.3. The molecule has 2 N–H and O–H groups in total. The summed E-state index contributed by atoms with van der Waals surface area (Å²) < 4.78 is 5.58. The summed E-state index contributed by atoms with van der Waals surface area (Å²) >= 11 is 0. The van der Waals surface area contributed by atoms with Crippen molar-refractivity contribution in [1.82, 2.24) is 14.8 Å². The number of piperazine rings is 1. The van der Waals surface area contributed by atoms with Gasteiger partial charge in [0.05, 0.1) is 6.04 Å². The summed E-state index contributed by atoms with van der Waals surface area (Å²) in [7, 11) is 0. The SMILES string of the molecule is CC(C)(C)OC(=O)N1CC2CCC(C(=O)O)N2C(=O)C1Cc1c[nH]c2ccccc12. The molecule has 0 aliphatic carbocycles.